The van der Waals surface area contributed by atoms with Crippen LogP contribution in [0.2, 0.25) is 0 Å². The molecular formula is C6H11F2N. The van der Waals surface area contributed by atoms with Gasteiger partial charge in [0, 0.05) is 6.42 Å². The second-order valence-corrected chi connectivity index (χ2v) is 2.80. The van der Waals surface area contributed by atoms with Crippen LogP contribution in [0.25, 0.3) is 0 Å². The molecule has 54 valence electrons. The zero-order valence-corrected chi connectivity index (χ0v) is 5.45. The van der Waals surface area contributed by atoms with Crippen molar-refractivity contribution in [3.8, 4) is 0 Å². The van der Waals surface area contributed by atoms with Gasteiger partial charge in [-0.05, 0) is 12.5 Å². The predicted molar refractivity (Wildman–Crippen MR) is 31.6 cm³/mol. The van der Waals surface area contributed by atoms with Gasteiger partial charge in [-0.15, -0.1) is 0 Å². The summed E-state index contributed by atoms with van der Waals surface area (Å²) >= 11 is 0. The lowest BCUT2D eigenvalue weighted by molar-refractivity contribution is -0.0362. The Morgan fingerprint density at radius 2 is 2.22 bits per heavy atom. The third-order valence-corrected chi connectivity index (χ3v) is 1.52. The Labute approximate surface area is 53.4 Å². The van der Waals surface area contributed by atoms with Crippen molar-refractivity contribution in [1.29, 1.82) is 0 Å². The van der Waals surface area contributed by atoms with Crippen LogP contribution in [-0.2, 0) is 0 Å². The molecule has 1 N–H and O–H groups in total. The molecule has 1 rings (SSSR count). The van der Waals surface area contributed by atoms with E-state index in [1.54, 1.807) is 0 Å². The van der Waals surface area contributed by atoms with E-state index in [0.29, 0.717) is 0 Å². The number of nitrogens with one attached hydrogen (secondary N) is 1. The first-order chi connectivity index (χ1) is 4.10. The molecule has 3 heteroatoms. The number of hydrogen-bond acceptors (Lipinski definition) is 1. The van der Waals surface area contributed by atoms with Gasteiger partial charge in [0.25, 0.3) is 5.92 Å². The fourth-order valence-electron chi connectivity index (χ4n) is 1.16. The standard InChI is InChI=1S/C6H11F2N/c1-5-2-6(7,8)4-9-3-5/h5,9H,2-4H2,1H3/t5-/m1/s1. The summed E-state index contributed by atoms with van der Waals surface area (Å²) in [6.07, 6.45) is 0.0417. The average molecular weight is 135 g/mol. The highest BCUT2D eigenvalue weighted by atomic mass is 19.3. The molecule has 1 saturated heterocycles. The smallest absolute Gasteiger partial charge is 0.260 e. The van der Waals surface area contributed by atoms with E-state index in [1.807, 2.05) is 6.92 Å². The van der Waals surface area contributed by atoms with E-state index in [9.17, 15) is 8.78 Å². The normalized spacial score (nSPS) is 34.3. The molecule has 0 aliphatic carbocycles. The van der Waals surface area contributed by atoms with Crippen LogP contribution in [0, 0.1) is 5.92 Å². The van der Waals surface area contributed by atoms with Gasteiger partial charge in [-0.25, -0.2) is 8.78 Å². The number of alkyl halides is 2. The van der Waals surface area contributed by atoms with Crippen LogP contribution in [0.1, 0.15) is 13.3 Å². The molecule has 9 heavy (non-hydrogen) atoms. The first kappa shape index (κ1) is 6.93. The summed E-state index contributed by atoms with van der Waals surface area (Å²) in [6.45, 7) is 2.42. The van der Waals surface area contributed by atoms with Gasteiger partial charge in [0.2, 0.25) is 0 Å². The summed E-state index contributed by atoms with van der Waals surface area (Å²) in [6, 6.07) is 0. The van der Waals surface area contributed by atoms with Crippen molar-refractivity contribution < 1.29 is 8.78 Å². The Balaban J connectivity index is 2.41. The Bertz CT molecular complexity index is 103. The molecule has 1 nitrogen and oxygen atoms in total. The number of halogens is 2. The summed E-state index contributed by atoms with van der Waals surface area (Å²) in [5.41, 5.74) is 0. The zero-order valence-electron chi connectivity index (χ0n) is 5.45. The molecule has 1 atom stereocenters. The molecule has 1 heterocycles. The maximum Gasteiger partial charge on any atom is 0.260 e. The summed E-state index contributed by atoms with van der Waals surface area (Å²) in [5, 5.41) is 2.67. The van der Waals surface area contributed by atoms with Gasteiger partial charge >= 0.3 is 0 Å². The topological polar surface area (TPSA) is 12.0 Å². The molecule has 0 bridgehead atoms. The quantitative estimate of drug-likeness (QED) is 0.527. The van der Waals surface area contributed by atoms with Gasteiger partial charge in [0.05, 0.1) is 6.54 Å². The van der Waals surface area contributed by atoms with Crippen LogP contribution in [0.15, 0.2) is 0 Å². The highest BCUT2D eigenvalue weighted by Crippen LogP contribution is 2.25. The van der Waals surface area contributed by atoms with E-state index in [1.165, 1.54) is 0 Å². The van der Waals surface area contributed by atoms with Gasteiger partial charge < -0.3 is 5.32 Å². The summed E-state index contributed by atoms with van der Waals surface area (Å²) in [7, 11) is 0. The van der Waals surface area contributed by atoms with E-state index in [4.69, 9.17) is 0 Å². The fourth-order valence-corrected chi connectivity index (χ4v) is 1.16. The van der Waals surface area contributed by atoms with Gasteiger partial charge in [0.1, 0.15) is 0 Å². The molecule has 0 amide bonds. The van der Waals surface area contributed by atoms with Crippen LogP contribution < -0.4 is 5.32 Å². The monoisotopic (exact) mass is 135 g/mol. The molecule has 0 spiro atoms. The SMILES string of the molecule is C[C@H]1CNCC(F)(F)C1. The third kappa shape index (κ3) is 1.90. The lowest BCUT2D eigenvalue weighted by Crippen LogP contribution is -2.42. The molecule has 1 aliphatic heterocycles. The summed E-state index contributed by atoms with van der Waals surface area (Å²) in [5.74, 6) is -2.34. The lowest BCUT2D eigenvalue weighted by Gasteiger charge is -2.26. The van der Waals surface area contributed by atoms with Crippen molar-refractivity contribution >= 4 is 0 Å². The number of hydrogen-bond donors (Lipinski definition) is 1. The van der Waals surface area contributed by atoms with Crippen LogP contribution in [0.5, 0.6) is 0 Å². The van der Waals surface area contributed by atoms with E-state index in [0.717, 1.165) is 6.54 Å². The van der Waals surface area contributed by atoms with Crippen LogP contribution in [0.3, 0.4) is 0 Å². The average Bonchev–Trinajstić information content (AvgIpc) is 1.60. The van der Waals surface area contributed by atoms with Crippen molar-refractivity contribution in [2.45, 2.75) is 19.3 Å². The summed E-state index contributed by atoms with van der Waals surface area (Å²) < 4.78 is 24.8. The Morgan fingerprint density at radius 3 is 2.56 bits per heavy atom. The minimum Gasteiger partial charge on any atom is -0.311 e. The number of rotatable bonds is 0. The maximum absolute atomic E-state index is 12.4. The van der Waals surface area contributed by atoms with E-state index in [2.05, 4.69) is 5.32 Å². The predicted octanol–water partition coefficient (Wildman–Crippen LogP) is 1.25. The summed E-state index contributed by atoms with van der Waals surface area (Å²) in [4.78, 5) is 0. The molecular weight excluding hydrogens is 124 g/mol. The van der Waals surface area contributed by atoms with Crippen LogP contribution in [-0.4, -0.2) is 19.0 Å². The molecule has 1 aliphatic rings. The molecule has 0 unspecified atom stereocenters. The lowest BCUT2D eigenvalue weighted by atomic mass is 9.99. The second-order valence-electron chi connectivity index (χ2n) is 2.80. The molecule has 0 saturated carbocycles. The van der Waals surface area contributed by atoms with Crippen molar-refractivity contribution in [1.82, 2.24) is 5.32 Å². The fraction of sp³-hybridized carbons (Fsp3) is 1.00. The largest absolute Gasteiger partial charge is 0.311 e. The Kier molecular flexibility index (Phi) is 1.70. The van der Waals surface area contributed by atoms with Crippen molar-refractivity contribution in [2.24, 2.45) is 5.92 Å². The van der Waals surface area contributed by atoms with Gasteiger partial charge in [-0.1, -0.05) is 6.92 Å². The van der Waals surface area contributed by atoms with E-state index < -0.39 is 5.92 Å². The van der Waals surface area contributed by atoms with E-state index >= 15 is 0 Å². The zero-order chi connectivity index (χ0) is 6.91. The second kappa shape index (κ2) is 2.21. The molecule has 0 aromatic carbocycles. The molecule has 0 aromatic heterocycles. The van der Waals surface area contributed by atoms with E-state index in [-0.39, 0.29) is 18.9 Å². The van der Waals surface area contributed by atoms with Gasteiger partial charge in [0.15, 0.2) is 0 Å². The highest BCUT2D eigenvalue weighted by molar-refractivity contribution is 4.78. The van der Waals surface area contributed by atoms with Gasteiger partial charge in [-0.2, -0.15) is 0 Å². The van der Waals surface area contributed by atoms with Crippen molar-refractivity contribution in [2.75, 3.05) is 13.1 Å². The van der Waals surface area contributed by atoms with Crippen LogP contribution in [0.4, 0.5) is 8.78 Å². The molecule has 1 fully saturated rings. The van der Waals surface area contributed by atoms with Crippen molar-refractivity contribution in [3.05, 3.63) is 0 Å². The third-order valence-electron chi connectivity index (χ3n) is 1.52. The number of piperidine rings is 1. The molecule has 0 aromatic rings. The maximum atomic E-state index is 12.4. The minimum atomic E-state index is -2.46. The van der Waals surface area contributed by atoms with Crippen LogP contribution >= 0.6 is 0 Å². The first-order valence-electron chi connectivity index (χ1n) is 3.19. The Morgan fingerprint density at radius 1 is 1.56 bits per heavy atom. The highest BCUT2D eigenvalue weighted by Gasteiger charge is 2.33. The first-order valence-corrected chi connectivity index (χ1v) is 3.19. The minimum absolute atomic E-state index is 0.0417. The Hall–Kier alpha value is -0.180. The van der Waals surface area contributed by atoms with Gasteiger partial charge in [-0.3, -0.25) is 0 Å². The van der Waals surface area contributed by atoms with Crippen molar-refractivity contribution in [3.63, 3.8) is 0 Å². The molecule has 0 radical (unpaired) electrons.